The van der Waals surface area contributed by atoms with Crippen LogP contribution in [0.3, 0.4) is 0 Å². The number of hydrogen-bond acceptors (Lipinski definition) is 2. The highest BCUT2D eigenvalue weighted by Crippen LogP contribution is 2.20. The molecule has 1 aromatic rings. The van der Waals surface area contributed by atoms with Gasteiger partial charge < -0.3 is 5.11 Å². The van der Waals surface area contributed by atoms with Gasteiger partial charge in [0, 0.05) is 3.57 Å². The predicted octanol–water partition coefficient (Wildman–Crippen LogP) is 2.35. The van der Waals surface area contributed by atoms with Gasteiger partial charge in [-0.3, -0.25) is 4.79 Å². The Morgan fingerprint density at radius 3 is 2.73 bits per heavy atom. The molecule has 0 heterocycles. The Balaban J connectivity index is 3.26. The Bertz CT molecular complexity index is 435. The number of hydrogen-bond donors (Lipinski definition) is 1. The highest BCUT2D eigenvalue weighted by Gasteiger charge is 2.11. The minimum Gasteiger partial charge on any atom is -0.481 e. The second-order valence-corrected chi connectivity index (χ2v) is 4.30. The Morgan fingerprint density at radius 2 is 2.27 bits per heavy atom. The van der Waals surface area contributed by atoms with Crippen LogP contribution >= 0.6 is 22.6 Å². The quantitative estimate of drug-likeness (QED) is 0.871. The second kappa shape index (κ2) is 5.12. The molecule has 0 aliphatic rings. The summed E-state index contributed by atoms with van der Waals surface area (Å²) in [5, 5.41) is 17.7. The zero-order valence-corrected chi connectivity index (χ0v) is 10.4. The molecular weight excluding hydrogens is 305 g/mol. The van der Waals surface area contributed by atoms with E-state index in [4.69, 9.17) is 10.4 Å². The summed E-state index contributed by atoms with van der Waals surface area (Å²) >= 11 is 2.08. The van der Waals surface area contributed by atoms with E-state index in [1.807, 2.05) is 19.1 Å². The molecule has 0 spiro atoms. The highest BCUT2D eigenvalue weighted by atomic mass is 127. The van der Waals surface area contributed by atoms with Crippen LogP contribution in [-0.2, 0) is 17.6 Å². The fraction of sp³-hybridized carbons (Fsp3) is 0.273. The molecule has 0 bridgehead atoms. The minimum atomic E-state index is -0.909. The smallest absolute Gasteiger partial charge is 0.307 e. The van der Waals surface area contributed by atoms with Crippen molar-refractivity contribution in [2.75, 3.05) is 0 Å². The third-order valence-electron chi connectivity index (χ3n) is 2.11. The summed E-state index contributed by atoms with van der Waals surface area (Å²) < 4.78 is 0.853. The molecule has 0 saturated heterocycles. The average molecular weight is 315 g/mol. The Labute approximate surface area is 102 Å². The fourth-order valence-corrected chi connectivity index (χ4v) is 2.21. The number of aliphatic carboxylic acids is 1. The number of carbonyl (C=O) groups is 1. The van der Waals surface area contributed by atoms with Gasteiger partial charge in [0.15, 0.2) is 0 Å². The number of rotatable bonds is 3. The number of aryl methyl sites for hydroxylation is 1. The van der Waals surface area contributed by atoms with E-state index in [1.54, 1.807) is 6.07 Å². The zero-order chi connectivity index (χ0) is 11.4. The summed E-state index contributed by atoms with van der Waals surface area (Å²) in [6.07, 6.45) is 0.753. The Kier molecular flexibility index (Phi) is 4.09. The van der Waals surface area contributed by atoms with Crippen molar-refractivity contribution in [1.82, 2.24) is 0 Å². The molecule has 1 aromatic carbocycles. The molecule has 0 radical (unpaired) electrons. The number of benzene rings is 1. The van der Waals surface area contributed by atoms with Crippen LogP contribution < -0.4 is 0 Å². The van der Waals surface area contributed by atoms with Crippen LogP contribution in [0.1, 0.15) is 23.6 Å². The first-order valence-corrected chi connectivity index (χ1v) is 5.59. The SMILES string of the molecule is CCc1cc(I)c(CC(=O)O)c(C#N)c1. The minimum absolute atomic E-state index is 0.0921. The van der Waals surface area contributed by atoms with Crippen LogP contribution in [0.25, 0.3) is 0 Å². The van der Waals surface area contributed by atoms with Crippen molar-refractivity contribution in [1.29, 1.82) is 5.26 Å². The van der Waals surface area contributed by atoms with Crippen molar-refractivity contribution >= 4 is 28.6 Å². The van der Waals surface area contributed by atoms with Gasteiger partial charge in [-0.1, -0.05) is 6.92 Å². The van der Waals surface area contributed by atoms with Gasteiger partial charge in [0.2, 0.25) is 0 Å². The van der Waals surface area contributed by atoms with Crippen molar-refractivity contribution in [2.24, 2.45) is 0 Å². The predicted molar refractivity (Wildman–Crippen MR) is 64.6 cm³/mol. The van der Waals surface area contributed by atoms with Gasteiger partial charge in [0.25, 0.3) is 0 Å². The number of carboxylic acid groups (broad SMARTS) is 1. The maximum absolute atomic E-state index is 10.6. The molecule has 0 atom stereocenters. The molecule has 78 valence electrons. The fourth-order valence-electron chi connectivity index (χ4n) is 1.33. The van der Waals surface area contributed by atoms with Gasteiger partial charge in [0.05, 0.1) is 18.1 Å². The molecule has 0 unspecified atom stereocenters. The van der Waals surface area contributed by atoms with Crippen LogP contribution in [0.4, 0.5) is 0 Å². The molecule has 3 nitrogen and oxygen atoms in total. The number of halogens is 1. The van der Waals surface area contributed by atoms with Crippen molar-refractivity contribution < 1.29 is 9.90 Å². The summed E-state index contributed by atoms with van der Waals surface area (Å²) in [4.78, 5) is 10.6. The molecule has 15 heavy (non-hydrogen) atoms. The summed E-state index contributed by atoms with van der Waals surface area (Å²) in [5.41, 5.74) is 2.15. The van der Waals surface area contributed by atoms with Crippen LogP contribution in [0.15, 0.2) is 12.1 Å². The topological polar surface area (TPSA) is 61.1 Å². The third-order valence-corrected chi connectivity index (χ3v) is 3.07. The zero-order valence-electron chi connectivity index (χ0n) is 8.25. The summed E-state index contributed by atoms with van der Waals surface area (Å²) in [5.74, 6) is -0.909. The van der Waals surface area contributed by atoms with Crippen LogP contribution in [0.2, 0.25) is 0 Å². The van der Waals surface area contributed by atoms with Crippen molar-refractivity contribution in [3.8, 4) is 6.07 Å². The molecule has 1 rings (SSSR count). The van der Waals surface area contributed by atoms with Crippen molar-refractivity contribution in [3.63, 3.8) is 0 Å². The summed E-state index contributed by atoms with van der Waals surface area (Å²) in [7, 11) is 0. The number of nitriles is 1. The van der Waals surface area contributed by atoms with Crippen LogP contribution in [0, 0.1) is 14.9 Å². The molecule has 0 fully saturated rings. The van der Waals surface area contributed by atoms with E-state index in [2.05, 4.69) is 22.6 Å². The first kappa shape index (κ1) is 12.0. The van der Waals surface area contributed by atoms with Gasteiger partial charge in [-0.25, -0.2) is 0 Å². The van der Waals surface area contributed by atoms with E-state index >= 15 is 0 Å². The maximum atomic E-state index is 10.6. The number of nitrogens with zero attached hydrogens (tertiary/aromatic N) is 1. The molecule has 0 aliphatic heterocycles. The standard InChI is InChI=1S/C11H10INO2/c1-2-7-3-8(6-13)9(5-11(14)15)10(12)4-7/h3-4H,2,5H2,1H3,(H,14,15). The first-order chi connectivity index (χ1) is 7.08. The normalized spacial score (nSPS) is 9.67. The van der Waals surface area contributed by atoms with E-state index in [0.29, 0.717) is 11.1 Å². The van der Waals surface area contributed by atoms with Crippen LogP contribution in [-0.4, -0.2) is 11.1 Å². The van der Waals surface area contributed by atoms with Gasteiger partial charge in [-0.05, 0) is 52.3 Å². The summed E-state index contributed by atoms with van der Waals surface area (Å²) in [6, 6.07) is 5.74. The van der Waals surface area contributed by atoms with E-state index in [9.17, 15) is 4.79 Å². The van der Waals surface area contributed by atoms with Gasteiger partial charge in [-0.2, -0.15) is 5.26 Å². The van der Waals surface area contributed by atoms with E-state index in [1.165, 1.54) is 0 Å². The molecule has 1 N–H and O–H groups in total. The van der Waals surface area contributed by atoms with Crippen LogP contribution in [0.5, 0.6) is 0 Å². The summed E-state index contributed by atoms with van der Waals surface area (Å²) in [6.45, 7) is 2.00. The highest BCUT2D eigenvalue weighted by molar-refractivity contribution is 14.1. The van der Waals surface area contributed by atoms with E-state index < -0.39 is 5.97 Å². The third kappa shape index (κ3) is 2.93. The monoisotopic (exact) mass is 315 g/mol. The van der Waals surface area contributed by atoms with E-state index in [0.717, 1.165) is 15.6 Å². The van der Waals surface area contributed by atoms with Crippen molar-refractivity contribution in [2.45, 2.75) is 19.8 Å². The lowest BCUT2D eigenvalue weighted by atomic mass is 10.0. The van der Waals surface area contributed by atoms with Gasteiger partial charge in [-0.15, -0.1) is 0 Å². The first-order valence-electron chi connectivity index (χ1n) is 4.51. The van der Waals surface area contributed by atoms with Gasteiger partial charge in [0.1, 0.15) is 0 Å². The lowest BCUT2D eigenvalue weighted by Crippen LogP contribution is -2.05. The Morgan fingerprint density at radius 1 is 1.60 bits per heavy atom. The molecule has 0 aromatic heterocycles. The molecular formula is C11H10INO2. The maximum Gasteiger partial charge on any atom is 0.307 e. The lowest BCUT2D eigenvalue weighted by molar-refractivity contribution is -0.136. The molecule has 0 amide bonds. The van der Waals surface area contributed by atoms with Crippen molar-refractivity contribution in [3.05, 3.63) is 32.4 Å². The van der Waals surface area contributed by atoms with Gasteiger partial charge >= 0.3 is 5.97 Å². The molecule has 0 saturated carbocycles. The second-order valence-electron chi connectivity index (χ2n) is 3.14. The molecule has 0 aliphatic carbocycles. The average Bonchev–Trinajstić information content (AvgIpc) is 2.20. The molecule has 4 heteroatoms. The van der Waals surface area contributed by atoms with E-state index in [-0.39, 0.29) is 6.42 Å². The Hall–Kier alpha value is -1.09. The largest absolute Gasteiger partial charge is 0.481 e. The number of carboxylic acids is 1. The lowest BCUT2D eigenvalue weighted by Gasteiger charge is -2.06.